The van der Waals surface area contributed by atoms with E-state index in [1.54, 1.807) is 6.07 Å². The zero-order chi connectivity index (χ0) is 25.0. The number of nitrogens with two attached hydrogens (primary N) is 2. The lowest BCUT2D eigenvalue weighted by molar-refractivity contribution is -0.676. The van der Waals surface area contributed by atoms with Crippen LogP contribution < -0.4 is 31.0 Å². The second-order valence-corrected chi connectivity index (χ2v) is 9.51. The number of benzene rings is 1. The number of halogens is 1. The fourth-order valence-corrected chi connectivity index (χ4v) is 4.32. The van der Waals surface area contributed by atoms with Crippen LogP contribution in [-0.2, 0) is 24.2 Å². The first kappa shape index (κ1) is 25.7. The van der Waals surface area contributed by atoms with E-state index in [0.717, 1.165) is 16.9 Å². The van der Waals surface area contributed by atoms with Crippen LogP contribution in [-0.4, -0.2) is 38.1 Å². The number of rotatable bonds is 10. The van der Waals surface area contributed by atoms with Gasteiger partial charge in [0.15, 0.2) is 33.5 Å². The second-order valence-electron chi connectivity index (χ2n) is 7.43. The molecule has 14 heteroatoms. The van der Waals surface area contributed by atoms with Crippen LogP contribution in [0.15, 0.2) is 18.2 Å². The third kappa shape index (κ3) is 5.76. The second kappa shape index (κ2) is 10.6. The van der Waals surface area contributed by atoms with E-state index in [9.17, 15) is 14.3 Å². The fraction of sp³-hybridized carbons (Fsp3) is 0.400. The van der Waals surface area contributed by atoms with Gasteiger partial charge >= 0.3 is 0 Å². The molecule has 34 heavy (non-hydrogen) atoms. The Morgan fingerprint density at radius 2 is 2.06 bits per heavy atom. The molecule has 2 aromatic heterocycles. The lowest BCUT2D eigenvalue weighted by Gasteiger charge is -2.15. The summed E-state index contributed by atoms with van der Waals surface area (Å²) in [6.45, 7) is 5.58. The lowest BCUT2D eigenvalue weighted by atomic mass is 10.3. The first-order valence-corrected chi connectivity index (χ1v) is 12.8. The van der Waals surface area contributed by atoms with Gasteiger partial charge in [-0.1, -0.05) is 11.6 Å². The molecule has 0 spiro atoms. The molecule has 0 saturated carbocycles. The van der Waals surface area contributed by atoms with Crippen molar-refractivity contribution in [1.29, 1.82) is 0 Å². The van der Waals surface area contributed by atoms with E-state index in [2.05, 4.69) is 19.9 Å². The Hall–Kier alpha value is -2.92. The van der Waals surface area contributed by atoms with Crippen molar-refractivity contribution in [1.82, 2.24) is 19.9 Å². The number of amides is 1. The van der Waals surface area contributed by atoms with Crippen LogP contribution in [0, 0.1) is 0 Å². The number of ether oxygens (including phenoxy) is 1. The van der Waals surface area contributed by atoms with Crippen molar-refractivity contribution in [2.45, 2.75) is 39.9 Å². The quantitative estimate of drug-likeness (QED) is 0.174. The highest BCUT2D eigenvalue weighted by atomic mass is 35.5. The third-order valence-corrected chi connectivity index (χ3v) is 6.32. The van der Waals surface area contributed by atoms with E-state index < -0.39 is 13.5 Å². The number of fused-ring (bicyclic) bond motifs is 1. The van der Waals surface area contributed by atoms with Crippen molar-refractivity contribution in [3.63, 3.8) is 0 Å². The van der Waals surface area contributed by atoms with Crippen molar-refractivity contribution in [2.75, 3.05) is 24.2 Å². The SMILES string of the molecule is CCn1c(CNC(=O)c2nc(Cl)c(N)nc2N)[n+](CC)c2ccc(OCCCP(=O)([O-])O)cc21. The number of nitrogens with one attached hydrogen (secondary N) is 1. The predicted octanol–water partition coefficient (Wildman–Crippen LogP) is 0.821. The van der Waals surface area contributed by atoms with E-state index in [1.807, 2.05) is 30.5 Å². The van der Waals surface area contributed by atoms with Gasteiger partial charge in [0, 0.05) is 12.2 Å². The molecule has 0 aliphatic rings. The number of carbonyl (C=O) groups is 1. The molecule has 0 bridgehead atoms. The molecule has 12 nitrogen and oxygen atoms in total. The number of aromatic nitrogens is 4. The zero-order valence-corrected chi connectivity index (χ0v) is 20.5. The van der Waals surface area contributed by atoms with Gasteiger partial charge in [0.2, 0.25) is 0 Å². The standard InChI is InChI=1S/C20H27ClN7O5P/c1-3-27-13-7-6-12(33-8-5-9-34(30,31)32)10-14(13)28(4-2)15(27)11-24-20(29)16-18(22)26-19(23)17(21)25-16/h6-7,10H,3-5,8-9,11H2,1-2H3,(H6-,22,23,24,26,29,30,31,32). The van der Waals surface area contributed by atoms with Gasteiger partial charge in [0.1, 0.15) is 19.9 Å². The number of anilines is 2. The molecule has 0 aliphatic carbocycles. The topological polar surface area (TPSA) is 185 Å². The van der Waals surface area contributed by atoms with E-state index in [-0.39, 0.29) is 48.2 Å². The van der Waals surface area contributed by atoms with E-state index >= 15 is 0 Å². The molecule has 3 rings (SSSR count). The van der Waals surface area contributed by atoms with Gasteiger partial charge < -0.3 is 35.9 Å². The highest BCUT2D eigenvalue weighted by Gasteiger charge is 2.25. The summed E-state index contributed by atoms with van der Waals surface area (Å²) < 4.78 is 20.7. The maximum absolute atomic E-state index is 12.7. The third-order valence-electron chi connectivity index (χ3n) is 5.16. The molecular formula is C20H27ClN7O5P. The van der Waals surface area contributed by atoms with Crippen molar-refractivity contribution in [3.8, 4) is 5.75 Å². The van der Waals surface area contributed by atoms with Crippen molar-refractivity contribution in [3.05, 3.63) is 34.9 Å². The summed E-state index contributed by atoms with van der Waals surface area (Å²) in [5.74, 6) is 0.700. The van der Waals surface area contributed by atoms with E-state index in [1.165, 1.54) is 0 Å². The molecule has 1 atom stereocenters. The van der Waals surface area contributed by atoms with Crippen LogP contribution in [0.2, 0.25) is 5.15 Å². The van der Waals surface area contributed by atoms with Crippen LogP contribution in [0.3, 0.4) is 0 Å². The average molecular weight is 512 g/mol. The number of carbonyl (C=O) groups excluding carboxylic acids is 1. The minimum Gasteiger partial charge on any atom is -0.779 e. The predicted molar refractivity (Wildman–Crippen MR) is 125 cm³/mol. The Morgan fingerprint density at radius 3 is 2.71 bits per heavy atom. The van der Waals surface area contributed by atoms with E-state index in [4.69, 9.17) is 32.7 Å². The van der Waals surface area contributed by atoms with E-state index in [0.29, 0.717) is 18.8 Å². The molecule has 0 radical (unpaired) electrons. The van der Waals surface area contributed by atoms with Gasteiger partial charge in [-0.25, -0.2) is 19.1 Å². The maximum atomic E-state index is 12.7. The van der Waals surface area contributed by atoms with Gasteiger partial charge in [-0.15, -0.1) is 0 Å². The number of nitrogen functional groups attached to an aromatic ring is 2. The summed E-state index contributed by atoms with van der Waals surface area (Å²) in [7, 11) is -4.29. The average Bonchev–Trinajstić information content (AvgIpc) is 3.08. The minimum atomic E-state index is -4.29. The molecule has 1 amide bonds. The molecule has 1 aromatic carbocycles. The largest absolute Gasteiger partial charge is 0.779 e. The fourth-order valence-electron chi connectivity index (χ4n) is 3.66. The van der Waals surface area contributed by atoms with Crippen molar-refractivity contribution < 1.29 is 28.5 Å². The van der Waals surface area contributed by atoms with Crippen LogP contribution in [0.1, 0.15) is 36.6 Å². The number of nitrogens with zero attached hydrogens (tertiary/aromatic N) is 4. The molecule has 6 N–H and O–H groups in total. The Bertz CT molecular complexity index is 1260. The minimum absolute atomic E-state index is 0.0536. The molecule has 1 unspecified atom stereocenters. The Morgan fingerprint density at radius 1 is 1.32 bits per heavy atom. The van der Waals surface area contributed by atoms with Crippen LogP contribution in [0.5, 0.6) is 5.75 Å². The number of aryl methyl sites for hydroxylation is 2. The van der Waals surface area contributed by atoms with Gasteiger partial charge in [-0.05, 0) is 32.4 Å². The van der Waals surface area contributed by atoms with Crippen LogP contribution in [0.25, 0.3) is 11.0 Å². The molecule has 3 aromatic rings. The summed E-state index contributed by atoms with van der Waals surface area (Å²) in [5, 5.41) is 2.71. The van der Waals surface area contributed by atoms with Crippen molar-refractivity contribution >= 4 is 47.8 Å². The Balaban J connectivity index is 1.83. The number of imidazole rings is 1. The maximum Gasteiger partial charge on any atom is 0.277 e. The molecule has 0 aliphatic heterocycles. The normalized spacial score (nSPS) is 13.1. The lowest BCUT2D eigenvalue weighted by Crippen LogP contribution is -2.40. The Kier molecular flexibility index (Phi) is 7.98. The number of hydrogen-bond donors (Lipinski definition) is 4. The summed E-state index contributed by atoms with van der Waals surface area (Å²) in [5.41, 5.74) is 13.1. The summed E-state index contributed by atoms with van der Waals surface area (Å²) in [6, 6.07) is 5.55. The summed E-state index contributed by atoms with van der Waals surface area (Å²) >= 11 is 5.88. The number of hydrogen-bond acceptors (Lipinski definition) is 8. The van der Waals surface area contributed by atoms with Gasteiger partial charge in [-0.2, -0.15) is 0 Å². The highest BCUT2D eigenvalue weighted by Crippen LogP contribution is 2.29. The molecular weight excluding hydrogens is 485 g/mol. The molecule has 0 fully saturated rings. The monoisotopic (exact) mass is 511 g/mol. The molecule has 184 valence electrons. The summed E-state index contributed by atoms with van der Waals surface area (Å²) in [6.07, 6.45) is -0.161. The summed E-state index contributed by atoms with van der Waals surface area (Å²) in [4.78, 5) is 40.2. The first-order valence-electron chi connectivity index (χ1n) is 10.6. The van der Waals surface area contributed by atoms with Crippen LogP contribution >= 0.6 is 19.2 Å². The molecule has 0 saturated heterocycles. The molecule has 2 heterocycles. The Labute approximate surface area is 201 Å². The smallest absolute Gasteiger partial charge is 0.277 e. The highest BCUT2D eigenvalue weighted by molar-refractivity contribution is 7.50. The van der Waals surface area contributed by atoms with Gasteiger partial charge in [0.05, 0.1) is 19.7 Å². The van der Waals surface area contributed by atoms with Gasteiger partial charge in [0.25, 0.3) is 11.7 Å². The van der Waals surface area contributed by atoms with Crippen LogP contribution in [0.4, 0.5) is 11.6 Å². The first-order chi connectivity index (χ1) is 16.1. The van der Waals surface area contributed by atoms with Crippen molar-refractivity contribution in [2.24, 2.45) is 0 Å². The van der Waals surface area contributed by atoms with Gasteiger partial charge in [-0.3, -0.25) is 4.79 Å². The zero-order valence-electron chi connectivity index (χ0n) is 18.8.